The fourth-order valence-electron chi connectivity index (χ4n) is 7.83. The Hall–Kier alpha value is -2.64. The molecular formula is C26H29N3O4. The lowest BCUT2D eigenvalue weighted by Crippen LogP contribution is -3.08. The zero-order valence-corrected chi connectivity index (χ0v) is 19.5. The third kappa shape index (κ3) is 2.06. The molecule has 1 aromatic carbocycles. The highest BCUT2D eigenvalue weighted by atomic mass is 16.5. The predicted octanol–water partition coefficient (Wildman–Crippen LogP) is 1.94. The van der Waals surface area contributed by atoms with E-state index in [1.165, 1.54) is 0 Å². The number of piperidine rings is 2. The number of nitrogens with one attached hydrogen (secondary N) is 2. The number of carbonyl (C=O) groups is 2. The summed E-state index contributed by atoms with van der Waals surface area (Å²) < 4.78 is 6.14. The Morgan fingerprint density at radius 3 is 2.79 bits per heavy atom. The molecule has 172 valence electrons. The molecule has 2 spiro atoms. The van der Waals surface area contributed by atoms with Crippen LogP contribution in [0.3, 0.4) is 0 Å². The van der Waals surface area contributed by atoms with Crippen molar-refractivity contribution in [3.8, 4) is 5.75 Å². The number of rotatable bonds is 0. The first-order valence-corrected chi connectivity index (χ1v) is 12.0. The maximum absolute atomic E-state index is 14.0. The average molecular weight is 448 g/mol. The zero-order valence-electron chi connectivity index (χ0n) is 19.5. The first-order valence-electron chi connectivity index (χ1n) is 12.0. The van der Waals surface area contributed by atoms with Gasteiger partial charge in [-0.2, -0.15) is 0 Å². The van der Waals surface area contributed by atoms with Crippen molar-refractivity contribution >= 4 is 29.2 Å². The van der Waals surface area contributed by atoms with Gasteiger partial charge in [0.25, 0.3) is 5.91 Å². The Morgan fingerprint density at radius 2 is 2.00 bits per heavy atom. The van der Waals surface area contributed by atoms with Crippen molar-refractivity contribution in [2.24, 2.45) is 11.3 Å². The van der Waals surface area contributed by atoms with E-state index in [1.807, 2.05) is 49.1 Å². The molecule has 6 heterocycles. The zero-order chi connectivity index (χ0) is 23.1. The van der Waals surface area contributed by atoms with Gasteiger partial charge in [-0.3, -0.25) is 9.59 Å². The van der Waals surface area contributed by atoms with Gasteiger partial charge in [-0.05, 0) is 63.5 Å². The van der Waals surface area contributed by atoms with Crippen LogP contribution in [0.15, 0.2) is 24.3 Å². The van der Waals surface area contributed by atoms with Crippen molar-refractivity contribution in [3.05, 3.63) is 40.6 Å². The van der Waals surface area contributed by atoms with E-state index in [9.17, 15) is 14.8 Å². The van der Waals surface area contributed by atoms with E-state index in [1.54, 1.807) is 0 Å². The normalized spacial score (nSPS) is 40.2. The van der Waals surface area contributed by atoms with Crippen LogP contribution in [-0.2, 0) is 9.59 Å². The Labute approximate surface area is 193 Å². The van der Waals surface area contributed by atoms with Gasteiger partial charge in [-0.15, -0.1) is 0 Å². The molecule has 1 aliphatic carbocycles. The van der Waals surface area contributed by atoms with Crippen LogP contribution in [0, 0.1) is 16.5 Å². The Morgan fingerprint density at radius 1 is 1.21 bits per heavy atom. The maximum atomic E-state index is 14.0. The molecule has 2 bridgehead atoms. The lowest BCUT2D eigenvalue weighted by atomic mass is 9.51. The largest absolute Gasteiger partial charge is 0.628 e. The summed E-state index contributed by atoms with van der Waals surface area (Å²) in [5.74, 6) is 0.555. The molecule has 4 saturated heterocycles. The minimum atomic E-state index is -1.08. The second kappa shape index (κ2) is 5.53. The minimum absolute atomic E-state index is 0.00119. The molecule has 7 aliphatic rings. The number of piperazine rings is 1. The third-order valence-electron chi connectivity index (χ3n) is 9.31. The van der Waals surface area contributed by atoms with Crippen molar-refractivity contribution < 1.29 is 19.4 Å². The van der Waals surface area contributed by atoms with Gasteiger partial charge in [-0.1, -0.05) is 13.8 Å². The van der Waals surface area contributed by atoms with Crippen LogP contribution >= 0.6 is 0 Å². The number of amides is 2. The summed E-state index contributed by atoms with van der Waals surface area (Å²) in [4.78, 5) is 29.0. The fraction of sp³-hybridized carbons (Fsp3) is 0.538. The number of ether oxygens (including phenoxy) is 1. The summed E-state index contributed by atoms with van der Waals surface area (Å²) >= 11 is 0. The average Bonchev–Trinajstić information content (AvgIpc) is 3.29. The molecule has 6 aliphatic heterocycles. The van der Waals surface area contributed by atoms with Gasteiger partial charge in [0, 0.05) is 29.0 Å². The monoisotopic (exact) mass is 447 g/mol. The van der Waals surface area contributed by atoms with Crippen molar-refractivity contribution in [1.29, 1.82) is 0 Å². The van der Waals surface area contributed by atoms with E-state index in [4.69, 9.17) is 4.74 Å². The number of hydrogen-bond acceptors (Lipinski definition) is 4. The highest BCUT2D eigenvalue weighted by molar-refractivity contribution is 6.08. The van der Waals surface area contributed by atoms with Crippen LogP contribution in [0.25, 0.3) is 11.6 Å². The van der Waals surface area contributed by atoms with Gasteiger partial charge in [-0.25, -0.2) is 0 Å². The van der Waals surface area contributed by atoms with E-state index in [0.29, 0.717) is 30.8 Å². The first kappa shape index (κ1) is 19.8. The third-order valence-corrected chi connectivity index (χ3v) is 9.31. The molecule has 7 nitrogen and oxygen atoms in total. The number of carbonyl (C=O) groups excluding carboxylic acids is 2. The number of quaternary nitrogens is 1. The van der Waals surface area contributed by atoms with Crippen molar-refractivity contribution in [2.75, 3.05) is 6.54 Å². The topological polar surface area (TPSA) is 86.1 Å². The second-order valence-electron chi connectivity index (χ2n) is 11.8. The molecule has 33 heavy (non-hydrogen) atoms. The number of hydroxylamine groups is 1. The van der Waals surface area contributed by atoms with E-state index in [2.05, 4.69) is 19.2 Å². The summed E-state index contributed by atoms with van der Waals surface area (Å²) in [5, 5.41) is 17.3. The lowest BCUT2D eigenvalue weighted by Gasteiger charge is -2.64. The number of benzene rings is 1. The van der Waals surface area contributed by atoms with Gasteiger partial charge in [0.05, 0.1) is 5.56 Å². The van der Waals surface area contributed by atoms with Crippen LogP contribution < -0.4 is 15.1 Å². The molecule has 0 radical (unpaired) electrons. The molecule has 0 saturated carbocycles. The second-order valence-corrected chi connectivity index (χ2v) is 11.8. The molecule has 2 amide bonds. The highest BCUT2D eigenvalue weighted by Crippen LogP contribution is 2.60. The van der Waals surface area contributed by atoms with Crippen LogP contribution in [0.2, 0.25) is 0 Å². The molecule has 5 atom stereocenters. The van der Waals surface area contributed by atoms with E-state index < -0.39 is 22.1 Å². The molecule has 2 unspecified atom stereocenters. The van der Waals surface area contributed by atoms with E-state index in [-0.39, 0.29) is 28.8 Å². The van der Waals surface area contributed by atoms with Gasteiger partial charge in [0.1, 0.15) is 28.5 Å². The first-order chi connectivity index (χ1) is 15.5. The van der Waals surface area contributed by atoms with Crippen molar-refractivity contribution in [1.82, 2.24) is 10.2 Å². The van der Waals surface area contributed by atoms with Gasteiger partial charge in [0.15, 0.2) is 5.69 Å². The maximum Gasteiger partial charge on any atom is 0.253 e. The molecule has 2 N–H and O–H groups in total. The van der Waals surface area contributed by atoms with Crippen LogP contribution in [-0.4, -0.2) is 46.0 Å². The molecular weight excluding hydrogens is 418 g/mol. The summed E-state index contributed by atoms with van der Waals surface area (Å²) in [5.41, 5.74) is 0.503. The molecule has 8 rings (SSSR count). The fourth-order valence-corrected chi connectivity index (χ4v) is 7.83. The van der Waals surface area contributed by atoms with Crippen molar-refractivity contribution in [3.63, 3.8) is 0 Å². The van der Waals surface area contributed by atoms with Crippen LogP contribution in [0.1, 0.15) is 58.1 Å². The number of nitrogens with zero attached hydrogens (tertiary/aromatic N) is 1. The highest BCUT2D eigenvalue weighted by Gasteiger charge is 2.74. The summed E-state index contributed by atoms with van der Waals surface area (Å²) in [6, 6.07) is 3.55. The van der Waals surface area contributed by atoms with Crippen LogP contribution in [0.4, 0.5) is 5.69 Å². The summed E-state index contributed by atoms with van der Waals surface area (Å²) in [6.45, 7) is 8.84. The standard InChI is InChI=1S/C26H29N3O4/c1-23(2)10-8-15-17(33-23)7-6-14-16-12-26-18(24(3,4)20(16)29(32)19(14)15)13-25(21(30)27-26)9-5-11-28(25)22(26)31/h6-8,10,12,18,20,29H,5,9,11,13H2,1-4H3,(H,27,30)/t18-,20?,25+,26+/m1/s1. The van der Waals surface area contributed by atoms with Gasteiger partial charge < -0.3 is 25.2 Å². The SMILES string of the molecule is CC1(C)C=Cc2c(ccc3c2[NH+]([O-])C2C3=C[C@@]34NC(=O)[C@]5(CCCN5C3=O)C[C@@H]4C2(C)C)O1. The summed E-state index contributed by atoms with van der Waals surface area (Å²) in [6.07, 6.45) is 8.10. The molecule has 4 fully saturated rings. The molecule has 0 aromatic heterocycles. The quantitative estimate of drug-likeness (QED) is 0.596. The Balaban J connectivity index is 1.46. The molecule has 7 heteroatoms. The van der Waals surface area contributed by atoms with Gasteiger partial charge >= 0.3 is 0 Å². The number of hydrogen-bond donors (Lipinski definition) is 2. The Kier molecular flexibility index (Phi) is 3.32. The van der Waals surface area contributed by atoms with Crippen LogP contribution in [0.5, 0.6) is 5.75 Å². The lowest BCUT2D eigenvalue weighted by molar-refractivity contribution is -0.802. The Bertz CT molecular complexity index is 1230. The minimum Gasteiger partial charge on any atom is -0.628 e. The summed E-state index contributed by atoms with van der Waals surface area (Å²) in [7, 11) is 0. The number of fused-ring (bicyclic) bond motifs is 6. The molecule has 1 aromatic rings. The smallest absolute Gasteiger partial charge is 0.253 e. The van der Waals surface area contributed by atoms with E-state index in [0.717, 1.165) is 23.1 Å². The van der Waals surface area contributed by atoms with Gasteiger partial charge in [0.2, 0.25) is 5.91 Å². The predicted molar refractivity (Wildman–Crippen MR) is 122 cm³/mol. The van der Waals surface area contributed by atoms with Crippen molar-refractivity contribution in [2.45, 2.75) is 69.7 Å². The van der Waals surface area contributed by atoms with E-state index >= 15 is 0 Å².